The first-order valence-electron chi connectivity index (χ1n) is 7.85. The van der Waals surface area contributed by atoms with Gasteiger partial charge in [-0.05, 0) is 54.9 Å². The van der Waals surface area contributed by atoms with Crippen molar-refractivity contribution >= 4 is 34.4 Å². The van der Waals surface area contributed by atoms with Crippen LogP contribution in [0.15, 0.2) is 66.2 Å². The summed E-state index contributed by atoms with van der Waals surface area (Å²) in [5, 5.41) is 6.33. The van der Waals surface area contributed by atoms with E-state index in [1.807, 2.05) is 18.3 Å². The molecule has 4 rings (SSSR count). The zero-order chi connectivity index (χ0) is 16.5. The molecule has 1 saturated heterocycles. The van der Waals surface area contributed by atoms with Crippen LogP contribution in [0.1, 0.15) is 28.2 Å². The SMILES string of the molecule is Cc1ccc(N2C(=S)NC(c3ccccn3)C2c2cccs2)cc1. The Morgan fingerprint density at radius 2 is 1.92 bits per heavy atom. The number of thiophene rings is 1. The summed E-state index contributed by atoms with van der Waals surface area (Å²) in [5.41, 5.74) is 3.36. The Hall–Kier alpha value is -2.24. The van der Waals surface area contributed by atoms with Gasteiger partial charge < -0.3 is 10.2 Å². The van der Waals surface area contributed by atoms with Crippen molar-refractivity contribution in [3.05, 3.63) is 82.3 Å². The molecule has 0 spiro atoms. The van der Waals surface area contributed by atoms with Crippen LogP contribution in [0, 0.1) is 6.92 Å². The molecule has 0 bridgehead atoms. The Balaban J connectivity index is 1.80. The van der Waals surface area contributed by atoms with Crippen LogP contribution >= 0.6 is 23.6 Å². The molecule has 24 heavy (non-hydrogen) atoms. The summed E-state index contributed by atoms with van der Waals surface area (Å²) in [7, 11) is 0. The topological polar surface area (TPSA) is 28.2 Å². The van der Waals surface area contributed by atoms with E-state index < -0.39 is 0 Å². The lowest BCUT2D eigenvalue weighted by atomic mass is 10.0. The van der Waals surface area contributed by atoms with Crippen molar-refractivity contribution in [2.75, 3.05) is 4.90 Å². The van der Waals surface area contributed by atoms with Crippen molar-refractivity contribution in [1.29, 1.82) is 0 Å². The monoisotopic (exact) mass is 351 g/mol. The van der Waals surface area contributed by atoms with E-state index in [0.717, 1.165) is 16.5 Å². The fourth-order valence-corrected chi connectivity index (χ4v) is 4.29. The third-order valence-corrected chi connectivity index (χ3v) is 5.50. The first-order chi connectivity index (χ1) is 11.7. The third-order valence-electron chi connectivity index (χ3n) is 4.24. The minimum absolute atomic E-state index is 0.0404. The van der Waals surface area contributed by atoms with Gasteiger partial charge in [0.15, 0.2) is 5.11 Å². The molecule has 2 atom stereocenters. The highest BCUT2D eigenvalue weighted by atomic mass is 32.1. The minimum Gasteiger partial charge on any atom is -0.351 e. The lowest BCUT2D eigenvalue weighted by Crippen LogP contribution is -2.29. The number of hydrogen-bond acceptors (Lipinski definition) is 3. The van der Waals surface area contributed by atoms with Gasteiger partial charge in [0.05, 0.1) is 17.8 Å². The van der Waals surface area contributed by atoms with E-state index in [4.69, 9.17) is 12.2 Å². The van der Waals surface area contributed by atoms with Crippen molar-refractivity contribution in [3.63, 3.8) is 0 Å². The van der Waals surface area contributed by atoms with Gasteiger partial charge in [0, 0.05) is 16.8 Å². The Morgan fingerprint density at radius 1 is 1.08 bits per heavy atom. The number of pyridine rings is 1. The minimum atomic E-state index is 0.0404. The zero-order valence-electron chi connectivity index (χ0n) is 13.2. The maximum atomic E-state index is 5.68. The quantitative estimate of drug-likeness (QED) is 0.697. The molecule has 3 aromatic rings. The Bertz CT molecular complexity index is 829. The lowest BCUT2D eigenvalue weighted by molar-refractivity contribution is 0.575. The summed E-state index contributed by atoms with van der Waals surface area (Å²) >= 11 is 7.43. The third kappa shape index (κ3) is 2.70. The fraction of sp³-hybridized carbons (Fsp3) is 0.158. The van der Waals surface area contributed by atoms with E-state index >= 15 is 0 Å². The van der Waals surface area contributed by atoms with Gasteiger partial charge in [0.2, 0.25) is 0 Å². The van der Waals surface area contributed by atoms with E-state index in [0.29, 0.717) is 0 Å². The predicted octanol–water partition coefficient (Wildman–Crippen LogP) is 4.63. The number of aromatic nitrogens is 1. The van der Waals surface area contributed by atoms with Crippen LogP contribution in [0.25, 0.3) is 0 Å². The average Bonchev–Trinajstić information content (AvgIpc) is 3.24. The first-order valence-corrected chi connectivity index (χ1v) is 9.13. The number of nitrogens with zero attached hydrogens (tertiary/aromatic N) is 2. The van der Waals surface area contributed by atoms with Crippen LogP contribution in [-0.4, -0.2) is 10.1 Å². The fourth-order valence-electron chi connectivity index (χ4n) is 3.09. The molecule has 1 fully saturated rings. The molecule has 120 valence electrons. The number of thiocarbonyl (C=S) groups is 1. The van der Waals surface area contributed by atoms with Crippen LogP contribution in [0.4, 0.5) is 5.69 Å². The highest BCUT2D eigenvalue weighted by molar-refractivity contribution is 7.80. The number of rotatable bonds is 3. The predicted molar refractivity (Wildman–Crippen MR) is 103 cm³/mol. The average molecular weight is 352 g/mol. The van der Waals surface area contributed by atoms with Crippen molar-refractivity contribution in [1.82, 2.24) is 10.3 Å². The maximum absolute atomic E-state index is 5.68. The van der Waals surface area contributed by atoms with Crippen molar-refractivity contribution in [2.24, 2.45) is 0 Å². The molecular formula is C19H17N3S2. The number of nitrogens with one attached hydrogen (secondary N) is 1. The number of aryl methyl sites for hydroxylation is 1. The van der Waals surface area contributed by atoms with Crippen LogP contribution in [0.3, 0.4) is 0 Å². The largest absolute Gasteiger partial charge is 0.351 e. The van der Waals surface area contributed by atoms with E-state index in [2.05, 4.69) is 70.0 Å². The molecule has 0 radical (unpaired) electrons. The maximum Gasteiger partial charge on any atom is 0.174 e. The highest BCUT2D eigenvalue weighted by Gasteiger charge is 2.41. The number of hydrogen-bond donors (Lipinski definition) is 1. The molecule has 1 aliphatic heterocycles. The summed E-state index contributed by atoms with van der Waals surface area (Å²) in [5.74, 6) is 0. The first kappa shape index (κ1) is 15.3. The van der Waals surface area contributed by atoms with E-state index in [1.165, 1.54) is 10.4 Å². The molecule has 3 nitrogen and oxygen atoms in total. The van der Waals surface area contributed by atoms with Crippen LogP contribution in [0.5, 0.6) is 0 Å². The summed E-state index contributed by atoms with van der Waals surface area (Å²) in [6, 6.07) is 18.9. The van der Waals surface area contributed by atoms with Crippen LogP contribution < -0.4 is 10.2 Å². The highest BCUT2D eigenvalue weighted by Crippen LogP contribution is 2.42. The lowest BCUT2D eigenvalue weighted by Gasteiger charge is -2.27. The van der Waals surface area contributed by atoms with Crippen molar-refractivity contribution in [2.45, 2.75) is 19.0 Å². The summed E-state index contributed by atoms with van der Waals surface area (Å²) in [4.78, 5) is 8.04. The Morgan fingerprint density at radius 3 is 2.58 bits per heavy atom. The Labute approximate surface area is 151 Å². The van der Waals surface area contributed by atoms with Gasteiger partial charge in [-0.3, -0.25) is 4.98 Å². The van der Waals surface area contributed by atoms with Gasteiger partial charge in [-0.2, -0.15) is 0 Å². The molecule has 1 N–H and O–H groups in total. The molecule has 1 aliphatic rings. The molecule has 5 heteroatoms. The second-order valence-electron chi connectivity index (χ2n) is 5.85. The van der Waals surface area contributed by atoms with Gasteiger partial charge in [0.1, 0.15) is 0 Å². The summed E-state index contributed by atoms with van der Waals surface area (Å²) in [6.07, 6.45) is 1.83. The van der Waals surface area contributed by atoms with Crippen molar-refractivity contribution < 1.29 is 0 Å². The van der Waals surface area contributed by atoms with Crippen LogP contribution in [0.2, 0.25) is 0 Å². The normalized spacial score (nSPS) is 20.2. The van der Waals surface area contributed by atoms with E-state index in [-0.39, 0.29) is 12.1 Å². The molecule has 0 amide bonds. The number of benzene rings is 1. The standard InChI is InChI=1S/C19H17N3S2/c1-13-7-9-14(10-8-13)22-18(16-6-4-12-24-16)17(21-19(22)23)15-5-2-3-11-20-15/h2-12,17-18H,1H3,(H,21,23). The van der Waals surface area contributed by atoms with Gasteiger partial charge in [-0.1, -0.05) is 29.8 Å². The molecule has 2 unspecified atom stereocenters. The summed E-state index contributed by atoms with van der Waals surface area (Å²) in [6.45, 7) is 2.10. The van der Waals surface area contributed by atoms with Gasteiger partial charge in [0.25, 0.3) is 0 Å². The van der Waals surface area contributed by atoms with Gasteiger partial charge in [-0.25, -0.2) is 0 Å². The molecule has 3 heterocycles. The molecule has 0 saturated carbocycles. The molecule has 0 aliphatic carbocycles. The van der Waals surface area contributed by atoms with Gasteiger partial charge in [-0.15, -0.1) is 11.3 Å². The molecule has 1 aromatic carbocycles. The second kappa shape index (κ2) is 6.34. The number of anilines is 1. The second-order valence-corrected chi connectivity index (χ2v) is 7.21. The van der Waals surface area contributed by atoms with E-state index in [1.54, 1.807) is 11.3 Å². The van der Waals surface area contributed by atoms with Crippen molar-refractivity contribution in [3.8, 4) is 0 Å². The zero-order valence-corrected chi connectivity index (χ0v) is 14.8. The van der Waals surface area contributed by atoms with E-state index in [9.17, 15) is 0 Å². The molecule has 2 aromatic heterocycles. The van der Waals surface area contributed by atoms with Crippen LogP contribution in [-0.2, 0) is 0 Å². The summed E-state index contributed by atoms with van der Waals surface area (Å²) < 4.78 is 0. The van der Waals surface area contributed by atoms with Gasteiger partial charge >= 0.3 is 0 Å². The smallest absolute Gasteiger partial charge is 0.174 e. The Kier molecular flexibility index (Phi) is 4.04. The molecular weight excluding hydrogens is 334 g/mol.